The molecule has 2 aromatic rings. The maximum atomic E-state index is 12.4. The number of hydrogen-bond donors (Lipinski definition) is 2. The summed E-state index contributed by atoms with van der Waals surface area (Å²) >= 11 is 0. The molecule has 2 heterocycles. The van der Waals surface area contributed by atoms with Crippen molar-refractivity contribution < 1.29 is 9.90 Å². The highest BCUT2D eigenvalue weighted by Crippen LogP contribution is 2.21. The molecule has 4 rings (SSSR count). The van der Waals surface area contributed by atoms with Crippen molar-refractivity contribution in [1.82, 2.24) is 19.8 Å². The molecule has 2 fully saturated rings. The molecule has 1 aromatic heterocycles. The molecular weight excluding hydrogens is 358 g/mol. The van der Waals surface area contributed by atoms with Crippen molar-refractivity contribution in [2.75, 3.05) is 37.7 Å². The third-order valence-corrected chi connectivity index (χ3v) is 5.76. The van der Waals surface area contributed by atoms with E-state index in [0.29, 0.717) is 30.0 Å². The first-order chi connectivity index (χ1) is 13.7. The number of amides is 2. The summed E-state index contributed by atoms with van der Waals surface area (Å²) in [5.41, 5.74) is 1.52. The number of urea groups is 1. The van der Waals surface area contributed by atoms with Crippen LogP contribution in [-0.2, 0) is 6.54 Å². The minimum absolute atomic E-state index is 0.0520. The van der Waals surface area contributed by atoms with E-state index in [1.807, 2.05) is 17.0 Å². The second-order valence-electron chi connectivity index (χ2n) is 7.57. The van der Waals surface area contributed by atoms with Crippen LogP contribution in [0.3, 0.4) is 0 Å². The van der Waals surface area contributed by atoms with E-state index in [9.17, 15) is 9.59 Å². The predicted octanol–water partition coefficient (Wildman–Crippen LogP) is 1.16. The zero-order chi connectivity index (χ0) is 19.5. The molecule has 1 aromatic carbocycles. The van der Waals surface area contributed by atoms with Crippen LogP contribution >= 0.6 is 0 Å². The lowest BCUT2D eigenvalue weighted by Crippen LogP contribution is -2.53. The molecule has 0 atom stereocenters. The number of aliphatic hydroxyl groups excluding tert-OH is 1. The topological polar surface area (TPSA) is 90.7 Å². The molecule has 0 radical (unpaired) electrons. The van der Waals surface area contributed by atoms with Crippen LogP contribution in [0.5, 0.6) is 0 Å². The summed E-state index contributed by atoms with van der Waals surface area (Å²) < 4.78 is 1.42. The number of carbonyl (C=O) groups is 1. The lowest BCUT2D eigenvalue weighted by Gasteiger charge is -2.36. The Morgan fingerprint density at radius 2 is 1.93 bits per heavy atom. The highest BCUT2D eigenvalue weighted by Gasteiger charge is 2.24. The monoisotopic (exact) mass is 385 g/mol. The summed E-state index contributed by atoms with van der Waals surface area (Å²) in [5, 5.41) is 12.7. The van der Waals surface area contributed by atoms with Crippen LogP contribution < -0.4 is 15.8 Å². The smallest absolute Gasteiger partial charge is 0.317 e. The minimum atomic E-state index is -0.140. The van der Waals surface area contributed by atoms with Crippen LogP contribution in [-0.4, -0.2) is 64.4 Å². The molecule has 2 aliphatic rings. The molecule has 28 heavy (non-hydrogen) atoms. The van der Waals surface area contributed by atoms with E-state index in [4.69, 9.17) is 5.11 Å². The third-order valence-electron chi connectivity index (χ3n) is 5.76. The van der Waals surface area contributed by atoms with Gasteiger partial charge in [0.15, 0.2) is 0 Å². The summed E-state index contributed by atoms with van der Waals surface area (Å²) in [6.45, 7) is 3.03. The Balaban J connectivity index is 1.41. The largest absolute Gasteiger partial charge is 0.395 e. The number of benzene rings is 1. The number of aliphatic hydroxyl groups is 1. The fraction of sp³-hybridized carbons (Fsp3) is 0.550. The molecule has 2 amide bonds. The van der Waals surface area contributed by atoms with Crippen molar-refractivity contribution in [3.63, 3.8) is 0 Å². The first kappa shape index (κ1) is 18.7. The number of nitrogens with zero attached hydrogens (tertiary/aromatic N) is 4. The van der Waals surface area contributed by atoms with Crippen LogP contribution in [0.25, 0.3) is 10.9 Å². The Morgan fingerprint density at radius 3 is 2.64 bits per heavy atom. The maximum absolute atomic E-state index is 12.4. The molecule has 8 nitrogen and oxygen atoms in total. The van der Waals surface area contributed by atoms with E-state index < -0.39 is 0 Å². The highest BCUT2D eigenvalue weighted by atomic mass is 16.3. The van der Waals surface area contributed by atoms with Gasteiger partial charge in [0, 0.05) is 37.9 Å². The van der Waals surface area contributed by atoms with Crippen LogP contribution in [0.4, 0.5) is 10.5 Å². The molecule has 0 unspecified atom stereocenters. The van der Waals surface area contributed by atoms with E-state index >= 15 is 0 Å². The van der Waals surface area contributed by atoms with Crippen molar-refractivity contribution >= 4 is 22.6 Å². The molecule has 0 bridgehead atoms. The van der Waals surface area contributed by atoms with Gasteiger partial charge in [-0.1, -0.05) is 12.8 Å². The molecular formula is C20H27N5O3. The van der Waals surface area contributed by atoms with Crippen molar-refractivity contribution in [2.45, 2.75) is 38.3 Å². The molecule has 2 N–H and O–H groups in total. The van der Waals surface area contributed by atoms with Crippen molar-refractivity contribution in [1.29, 1.82) is 0 Å². The molecule has 1 saturated heterocycles. The Bertz CT molecular complexity index is 898. The number of hydrogen-bond acceptors (Lipinski definition) is 5. The normalized spacial score (nSPS) is 18.0. The van der Waals surface area contributed by atoms with Gasteiger partial charge in [-0.15, -0.1) is 0 Å². The van der Waals surface area contributed by atoms with Gasteiger partial charge in [-0.05, 0) is 31.0 Å². The van der Waals surface area contributed by atoms with E-state index in [1.165, 1.54) is 23.7 Å². The van der Waals surface area contributed by atoms with Crippen molar-refractivity contribution in [3.8, 4) is 0 Å². The summed E-state index contributed by atoms with van der Waals surface area (Å²) in [7, 11) is 0. The van der Waals surface area contributed by atoms with Crippen molar-refractivity contribution in [2.24, 2.45) is 0 Å². The van der Waals surface area contributed by atoms with Gasteiger partial charge in [-0.2, -0.15) is 0 Å². The highest BCUT2D eigenvalue weighted by molar-refractivity contribution is 5.81. The number of nitrogens with one attached hydrogen (secondary N) is 1. The SMILES string of the molecule is O=C(NC1CCCC1)N1CCN(c2ccc3c(=O)n(CCO)cnc3c2)CC1. The Labute approximate surface area is 163 Å². The van der Waals surface area contributed by atoms with E-state index in [-0.39, 0.29) is 24.7 Å². The second-order valence-corrected chi connectivity index (χ2v) is 7.57. The lowest BCUT2D eigenvalue weighted by molar-refractivity contribution is 0.190. The van der Waals surface area contributed by atoms with E-state index in [0.717, 1.165) is 31.6 Å². The fourth-order valence-corrected chi connectivity index (χ4v) is 4.11. The zero-order valence-corrected chi connectivity index (χ0v) is 16.0. The quantitative estimate of drug-likeness (QED) is 0.824. The van der Waals surface area contributed by atoms with Gasteiger partial charge >= 0.3 is 6.03 Å². The molecule has 1 aliphatic heterocycles. The van der Waals surface area contributed by atoms with Crippen LogP contribution in [0.15, 0.2) is 29.3 Å². The summed E-state index contributed by atoms with van der Waals surface area (Å²) in [4.78, 5) is 33.3. The Kier molecular flexibility index (Phi) is 5.47. The summed E-state index contributed by atoms with van der Waals surface area (Å²) in [6, 6.07) is 6.05. The van der Waals surface area contributed by atoms with Crippen LogP contribution in [0.2, 0.25) is 0 Å². The Morgan fingerprint density at radius 1 is 1.18 bits per heavy atom. The minimum Gasteiger partial charge on any atom is -0.395 e. The van der Waals surface area contributed by atoms with Crippen LogP contribution in [0, 0.1) is 0 Å². The third kappa shape index (κ3) is 3.82. The lowest BCUT2D eigenvalue weighted by atomic mass is 10.2. The van der Waals surface area contributed by atoms with Gasteiger partial charge in [0.2, 0.25) is 0 Å². The number of rotatable bonds is 4. The average Bonchev–Trinajstić information content (AvgIpc) is 3.23. The van der Waals surface area contributed by atoms with Gasteiger partial charge in [0.1, 0.15) is 0 Å². The fourth-order valence-electron chi connectivity index (χ4n) is 4.11. The molecule has 0 spiro atoms. The van der Waals surface area contributed by atoms with Crippen molar-refractivity contribution in [3.05, 3.63) is 34.9 Å². The first-order valence-electron chi connectivity index (χ1n) is 10.1. The summed E-state index contributed by atoms with van der Waals surface area (Å²) in [6.07, 6.45) is 6.08. The average molecular weight is 385 g/mol. The number of anilines is 1. The molecule has 1 saturated carbocycles. The van der Waals surface area contributed by atoms with Gasteiger partial charge in [0.05, 0.1) is 30.4 Å². The summed E-state index contributed by atoms with van der Waals surface area (Å²) in [5.74, 6) is 0. The van der Waals surface area contributed by atoms with Gasteiger partial charge < -0.3 is 20.2 Å². The first-order valence-corrected chi connectivity index (χ1v) is 10.1. The number of carbonyl (C=O) groups excluding carboxylic acids is 1. The standard InChI is InChI=1S/C20H27N5O3/c26-12-11-25-14-21-18-13-16(5-6-17(18)19(25)27)23-7-9-24(10-8-23)20(28)22-15-3-1-2-4-15/h5-6,13-15,26H,1-4,7-12H2,(H,22,28). The predicted molar refractivity (Wildman–Crippen MR) is 108 cm³/mol. The molecule has 1 aliphatic carbocycles. The van der Waals surface area contributed by atoms with Gasteiger partial charge in [-0.25, -0.2) is 9.78 Å². The Hall–Kier alpha value is -2.61. The molecule has 150 valence electrons. The van der Waals surface area contributed by atoms with Gasteiger partial charge in [-0.3, -0.25) is 9.36 Å². The van der Waals surface area contributed by atoms with Gasteiger partial charge in [0.25, 0.3) is 5.56 Å². The van der Waals surface area contributed by atoms with E-state index in [1.54, 1.807) is 6.07 Å². The maximum Gasteiger partial charge on any atom is 0.317 e. The second kappa shape index (κ2) is 8.18. The number of piperazine rings is 1. The van der Waals surface area contributed by atoms with E-state index in [2.05, 4.69) is 15.2 Å². The molecule has 8 heteroatoms. The number of aromatic nitrogens is 2. The van der Waals surface area contributed by atoms with Crippen LogP contribution in [0.1, 0.15) is 25.7 Å². The number of fused-ring (bicyclic) bond motifs is 1. The zero-order valence-electron chi connectivity index (χ0n) is 16.0.